The van der Waals surface area contributed by atoms with Crippen LogP contribution in [-0.4, -0.2) is 82.5 Å². The SMILES string of the molecule is CCCCCCCCCCCCCCCOCCOCCOCCOCCOCCNc1ccc([N+](=O)[O-])cc1[N+](=O)[O-]. The van der Waals surface area contributed by atoms with Crippen LogP contribution in [-0.2, 0) is 23.7 Å². The molecule has 248 valence electrons. The normalized spacial score (nSPS) is 11.2. The van der Waals surface area contributed by atoms with E-state index in [-0.39, 0.29) is 17.1 Å². The van der Waals surface area contributed by atoms with E-state index in [2.05, 4.69) is 12.2 Å². The van der Waals surface area contributed by atoms with Crippen molar-refractivity contribution < 1.29 is 33.5 Å². The van der Waals surface area contributed by atoms with Crippen LogP contribution < -0.4 is 5.32 Å². The molecule has 0 spiro atoms. The van der Waals surface area contributed by atoms with E-state index in [1.807, 2.05) is 0 Å². The standard InChI is InChI=1S/C31H55N3O9/c1-2-3-4-5-6-7-8-9-10-11-12-13-14-18-39-20-22-41-24-26-43-27-25-42-23-21-40-19-17-32-30-16-15-29(33(35)36)28-31(30)34(37)38/h15-16,28,32H,2-14,17-27H2,1H3. The van der Waals surface area contributed by atoms with Gasteiger partial charge in [-0.2, -0.15) is 0 Å². The number of nitro benzene ring substituents is 2. The fraction of sp³-hybridized carbons (Fsp3) is 0.806. The van der Waals surface area contributed by atoms with Crippen LogP contribution >= 0.6 is 0 Å². The van der Waals surface area contributed by atoms with Gasteiger partial charge in [0.2, 0.25) is 0 Å². The molecule has 0 unspecified atom stereocenters. The van der Waals surface area contributed by atoms with Crippen molar-refractivity contribution in [2.75, 3.05) is 77.9 Å². The Kier molecular flexibility index (Phi) is 25.5. The molecule has 0 amide bonds. The Morgan fingerprint density at radius 3 is 1.42 bits per heavy atom. The zero-order valence-corrected chi connectivity index (χ0v) is 26.3. The minimum Gasteiger partial charge on any atom is -0.379 e. The average molecular weight is 614 g/mol. The summed E-state index contributed by atoms with van der Waals surface area (Å²) in [6, 6.07) is 3.47. The van der Waals surface area contributed by atoms with Crippen LogP contribution in [0.1, 0.15) is 90.4 Å². The summed E-state index contributed by atoms with van der Waals surface area (Å²) in [6.45, 7) is 7.56. The number of ether oxygens (including phenoxy) is 5. The van der Waals surface area contributed by atoms with Crippen molar-refractivity contribution in [1.29, 1.82) is 0 Å². The summed E-state index contributed by atoms with van der Waals surface area (Å²) in [7, 11) is 0. The van der Waals surface area contributed by atoms with Crippen LogP contribution in [0.25, 0.3) is 0 Å². The smallest absolute Gasteiger partial charge is 0.299 e. The largest absolute Gasteiger partial charge is 0.379 e. The molecule has 1 N–H and O–H groups in total. The molecule has 0 fully saturated rings. The molecule has 0 saturated carbocycles. The van der Waals surface area contributed by atoms with E-state index in [1.165, 1.54) is 89.2 Å². The van der Waals surface area contributed by atoms with E-state index in [0.29, 0.717) is 66.0 Å². The summed E-state index contributed by atoms with van der Waals surface area (Å²) in [5.74, 6) is 0. The van der Waals surface area contributed by atoms with Gasteiger partial charge in [-0.25, -0.2) is 0 Å². The van der Waals surface area contributed by atoms with Crippen LogP contribution in [0.5, 0.6) is 0 Å². The number of rotatable bonds is 32. The van der Waals surface area contributed by atoms with Gasteiger partial charge in [0, 0.05) is 19.2 Å². The lowest BCUT2D eigenvalue weighted by molar-refractivity contribution is -0.393. The molecule has 0 radical (unpaired) electrons. The molecule has 0 aromatic heterocycles. The van der Waals surface area contributed by atoms with Crippen molar-refractivity contribution in [1.82, 2.24) is 0 Å². The molecule has 1 rings (SSSR count). The highest BCUT2D eigenvalue weighted by Crippen LogP contribution is 2.28. The topological polar surface area (TPSA) is 144 Å². The molecule has 43 heavy (non-hydrogen) atoms. The third kappa shape index (κ3) is 22.8. The number of nitro groups is 2. The van der Waals surface area contributed by atoms with Gasteiger partial charge in [-0.15, -0.1) is 0 Å². The lowest BCUT2D eigenvalue weighted by Gasteiger charge is -2.09. The number of nitrogens with zero attached hydrogens (tertiary/aromatic N) is 2. The lowest BCUT2D eigenvalue weighted by Crippen LogP contribution is -2.15. The van der Waals surface area contributed by atoms with Crippen LogP contribution in [0.3, 0.4) is 0 Å². The number of nitrogens with one attached hydrogen (secondary N) is 1. The maximum absolute atomic E-state index is 11.1. The molecule has 1 aromatic rings. The first-order chi connectivity index (χ1) is 21.1. The number of hydrogen-bond acceptors (Lipinski definition) is 10. The van der Waals surface area contributed by atoms with Crippen molar-refractivity contribution in [2.45, 2.75) is 90.4 Å². The highest BCUT2D eigenvalue weighted by Gasteiger charge is 2.19. The second kappa shape index (κ2) is 28.4. The lowest BCUT2D eigenvalue weighted by atomic mass is 10.0. The quantitative estimate of drug-likeness (QED) is 0.0508. The summed E-state index contributed by atoms with van der Waals surface area (Å²) in [4.78, 5) is 20.6. The first-order valence-electron chi connectivity index (χ1n) is 16.1. The Balaban J connectivity index is 1.77. The minimum atomic E-state index is -0.670. The molecule has 0 aliphatic heterocycles. The van der Waals surface area contributed by atoms with Gasteiger partial charge in [-0.1, -0.05) is 84.0 Å². The predicted octanol–water partition coefficient (Wildman–Crippen LogP) is 7.09. The minimum absolute atomic E-state index is 0.203. The molecular formula is C31H55N3O9. The Morgan fingerprint density at radius 2 is 0.977 bits per heavy atom. The van der Waals surface area contributed by atoms with E-state index in [0.717, 1.165) is 19.1 Å². The number of hydrogen-bond donors (Lipinski definition) is 1. The summed E-state index contributed by atoms with van der Waals surface area (Å²) in [6.07, 6.45) is 17.6. The molecule has 0 aliphatic carbocycles. The Hall–Kier alpha value is -2.38. The third-order valence-corrected chi connectivity index (χ3v) is 6.83. The average Bonchev–Trinajstić information content (AvgIpc) is 3.00. The van der Waals surface area contributed by atoms with Crippen molar-refractivity contribution in [3.8, 4) is 0 Å². The zero-order valence-electron chi connectivity index (χ0n) is 26.3. The molecule has 1 aromatic carbocycles. The van der Waals surface area contributed by atoms with Crippen LogP contribution in [0.15, 0.2) is 18.2 Å². The monoisotopic (exact) mass is 613 g/mol. The second-order valence-corrected chi connectivity index (χ2v) is 10.4. The number of anilines is 1. The van der Waals surface area contributed by atoms with Gasteiger partial charge < -0.3 is 29.0 Å². The summed E-state index contributed by atoms with van der Waals surface area (Å²) in [5, 5.41) is 24.8. The van der Waals surface area contributed by atoms with Crippen molar-refractivity contribution in [3.63, 3.8) is 0 Å². The summed E-state index contributed by atoms with van der Waals surface area (Å²) < 4.78 is 27.5. The third-order valence-electron chi connectivity index (χ3n) is 6.83. The number of benzene rings is 1. The van der Waals surface area contributed by atoms with E-state index < -0.39 is 9.85 Å². The Bertz CT molecular complexity index is 830. The van der Waals surface area contributed by atoms with Crippen molar-refractivity contribution in [2.24, 2.45) is 0 Å². The van der Waals surface area contributed by atoms with Crippen LogP contribution in [0.2, 0.25) is 0 Å². The van der Waals surface area contributed by atoms with Crippen LogP contribution in [0.4, 0.5) is 17.1 Å². The molecular weight excluding hydrogens is 558 g/mol. The molecule has 0 heterocycles. The van der Waals surface area contributed by atoms with Gasteiger partial charge in [0.25, 0.3) is 11.4 Å². The predicted molar refractivity (Wildman–Crippen MR) is 168 cm³/mol. The highest BCUT2D eigenvalue weighted by molar-refractivity contribution is 5.65. The van der Waals surface area contributed by atoms with E-state index in [1.54, 1.807) is 0 Å². The van der Waals surface area contributed by atoms with E-state index in [9.17, 15) is 20.2 Å². The molecule has 0 bridgehead atoms. The van der Waals surface area contributed by atoms with Gasteiger partial charge in [0.15, 0.2) is 0 Å². The Labute approximate surface area is 257 Å². The second-order valence-electron chi connectivity index (χ2n) is 10.4. The molecule has 0 atom stereocenters. The Morgan fingerprint density at radius 1 is 0.558 bits per heavy atom. The molecule has 0 aliphatic rings. The van der Waals surface area contributed by atoms with Gasteiger partial charge in [0.1, 0.15) is 5.69 Å². The zero-order chi connectivity index (χ0) is 31.2. The van der Waals surface area contributed by atoms with Crippen LogP contribution in [0, 0.1) is 20.2 Å². The highest BCUT2D eigenvalue weighted by atomic mass is 16.6. The number of non-ortho nitro benzene ring substituents is 1. The van der Waals surface area contributed by atoms with E-state index >= 15 is 0 Å². The molecule has 12 nitrogen and oxygen atoms in total. The molecule has 12 heteroatoms. The van der Waals surface area contributed by atoms with Gasteiger partial charge in [-0.05, 0) is 12.5 Å². The molecule has 0 saturated heterocycles. The van der Waals surface area contributed by atoms with Gasteiger partial charge in [-0.3, -0.25) is 20.2 Å². The first kappa shape index (κ1) is 38.6. The van der Waals surface area contributed by atoms with Crippen molar-refractivity contribution >= 4 is 17.1 Å². The van der Waals surface area contributed by atoms with E-state index in [4.69, 9.17) is 23.7 Å². The maximum atomic E-state index is 11.1. The fourth-order valence-corrected chi connectivity index (χ4v) is 4.40. The first-order valence-corrected chi connectivity index (χ1v) is 16.1. The van der Waals surface area contributed by atoms with Crippen molar-refractivity contribution in [3.05, 3.63) is 38.4 Å². The van der Waals surface area contributed by atoms with Gasteiger partial charge >= 0.3 is 0 Å². The van der Waals surface area contributed by atoms with Gasteiger partial charge in [0.05, 0.1) is 75.4 Å². The fourth-order valence-electron chi connectivity index (χ4n) is 4.40. The summed E-state index contributed by atoms with van der Waals surface area (Å²) >= 11 is 0. The number of unbranched alkanes of at least 4 members (excludes halogenated alkanes) is 12. The summed E-state index contributed by atoms with van der Waals surface area (Å²) in [5.41, 5.74) is -0.479. The maximum Gasteiger partial charge on any atom is 0.299 e.